The quantitative estimate of drug-likeness (QED) is 0.884. The molecule has 2 aromatic rings. The number of thiazole rings is 1. The van der Waals surface area contributed by atoms with E-state index in [-0.39, 0.29) is 0 Å². The topological polar surface area (TPSA) is 53.5 Å². The van der Waals surface area contributed by atoms with Crippen LogP contribution in [0, 0.1) is 0 Å². The van der Waals surface area contributed by atoms with Gasteiger partial charge in [-0.1, -0.05) is 11.3 Å². The molecule has 6 nitrogen and oxygen atoms in total. The van der Waals surface area contributed by atoms with Crippen LogP contribution >= 0.6 is 11.3 Å². The smallest absolute Gasteiger partial charge is 0.231 e. The number of methoxy groups -OCH3 is 1. The standard InChI is InChI=1S/C14H21N5OS/c1-18(2)12-10(7-6-8-15-12)16-9-11-13(20-5)17-14(21-11)19(3)4/h6-8,16H,9H2,1-5H3. The molecule has 2 aromatic heterocycles. The lowest BCUT2D eigenvalue weighted by Gasteiger charge is -2.16. The molecule has 2 heterocycles. The molecule has 0 unspecified atom stereocenters. The van der Waals surface area contributed by atoms with Gasteiger partial charge in [0.2, 0.25) is 5.88 Å². The van der Waals surface area contributed by atoms with Crippen LogP contribution in [0.15, 0.2) is 18.3 Å². The maximum Gasteiger partial charge on any atom is 0.231 e. The molecule has 0 saturated heterocycles. The predicted octanol–water partition coefficient (Wildman–Crippen LogP) is 2.29. The van der Waals surface area contributed by atoms with Crippen molar-refractivity contribution in [3.63, 3.8) is 0 Å². The Labute approximate surface area is 129 Å². The Morgan fingerprint density at radius 2 is 2.00 bits per heavy atom. The van der Waals surface area contributed by atoms with E-state index in [2.05, 4.69) is 15.3 Å². The van der Waals surface area contributed by atoms with E-state index in [1.165, 1.54) is 0 Å². The van der Waals surface area contributed by atoms with Crippen molar-refractivity contribution in [2.75, 3.05) is 50.4 Å². The molecule has 114 valence electrons. The van der Waals surface area contributed by atoms with E-state index < -0.39 is 0 Å². The number of nitrogens with one attached hydrogen (secondary N) is 1. The predicted molar refractivity (Wildman–Crippen MR) is 88.9 cm³/mol. The molecule has 2 rings (SSSR count). The highest BCUT2D eigenvalue weighted by atomic mass is 32.1. The van der Waals surface area contributed by atoms with E-state index in [9.17, 15) is 0 Å². The van der Waals surface area contributed by atoms with Gasteiger partial charge in [0, 0.05) is 34.4 Å². The molecule has 0 aromatic carbocycles. The maximum absolute atomic E-state index is 5.35. The Kier molecular flexibility index (Phi) is 4.85. The van der Waals surface area contributed by atoms with Gasteiger partial charge in [0.25, 0.3) is 0 Å². The molecule has 1 N–H and O–H groups in total. The zero-order valence-corrected chi connectivity index (χ0v) is 13.9. The highest BCUT2D eigenvalue weighted by molar-refractivity contribution is 7.15. The van der Waals surface area contributed by atoms with Crippen LogP contribution in [0.2, 0.25) is 0 Å². The second-order valence-electron chi connectivity index (χ2n) is 4.95. The Morgan fingerprint density at radius 1 is 1.24 bits per heavy atom. The zero-order chi connectivity index (χ0) is 15.4. The number of nitrogens with zero attached hydrogens (tertiary/aromatic N) is 4. The summed E-state index contributed by atoms with van der Waals surface area (Å²) in [6.45, 7) is 0.654. The third kappa shape index (κ3) is 3.55. The Bertz CT molecular complexity index is 597. The fourth-order valence-corrected chi connectivity index (χ4v) is 2.75. The molecule has 21 heavy (non-hydrogen) atoms. The number of hydrogen-bond donors (Lipinski definition) is 1. The second-order valence-corrected chi connectivity index (χ2v) is 6.01. The van der Waals surface area contributed by atoms with E-state index in [0.29, 0.717) is 12.4 Å². The van der Waals surface area contributed by atoms with Gasteiger partial charge in [0.15, 0.2) is 10.9 Å². The first kappa shape index (κ1) is 15.4. The van der Waals surface area contributed by atoms with E-state index in [1.54, 1.807) is 24.6 Å². The van der Waals surface area contributed by atoms with Gasteiger partial charge in [-0.05, 0) is 12.1 Å². The maximum atomic E-state index is 5.35. The van der Waals surface area contributed by atoms with Crippen LogP contribution in [-0.2, 0) is 6.54 Å². The van der Waals surface area contributed by atoms with Crippen LogP contribution in [0.4, 0.5) is 16.6 Å². The normalized spacial score (nSPS) is 10.3. The number of anilines is 3. The fraction of sp³-hybridized carbons (Fsp3) is 0.429. The monoisotopic (exact) mass is 307 g/mol. The molecule has 0 radical (unpaired) electrons. The van der Waals surface area contributed by atoms with Gasteiger partial charge in [-0.15, -0.1) is 0 Å². The summed E-state index contributed by atoms with van der Waals surface area (Å²) in [5.74, 6) is 1.58. The summed E-state index contributed by atoms with van der Waals surface area (Å²) in [5.41, 5.74) is 0.990. The van der Waals surface area contributed by atoms with Gasteiger partial charge in [-0.2, -0.15) is 4.98 Å². The minimum atomic E-state index is 0.654. The number of aromatic nitrogens is 2. The summed E-state index contributed by atoms with van der Waals surface area (Å²) in [6, 6.07) is 3.94. The van der Waals surface area contributed by atoms with Gasteiger partial charge < -0.3 is 19.9 Å². The van der Waals surface area contributed by atoms with Gasteiger partial charge >= 0.3 is 0 Å². The lowest BCUT2D eigenvalue weighted by molar-refractivity contribution is 0.397. The summed E-state index contributed by atoms with van der Waals surface area (Å²) in [5, 5.41) is 4.34. The SMILES string of the molecule is COc1nc(N(C)C)sc1CNc1cccnc1N(C)C. The van der Waals surface area contributed by atoms with Crippen molar-refractivity contribution < 1.29 is 4.74 Å². The highest BCUT2D eigenvalue weighted by Crippen LogP contribution is 2.31. The number of rotatable bonds is 6. The Morgan fingerprint density at radius 3 is 2.62 bits per heavy atom. The van der Waals surface area contributed by atoms with Crippen LogP contribution in [0.1, 0.15) is 4.88 Å². The van der Waals surface area contributed by atoms with E-state index in [0.717, 1.165) is 21.5 Å². The van der Waals surface area contributed by atoms with Crippen molar-refractivity contribution >= 4 is 28.0 Å². The second kappa shape index (κ2) is 6.62. The first-order valence-electron chi connectivity index (χ1n) is 6.60. The first-order valence-corrected chi connectivity index (χ1v) is 7.41. The van der Waals surface area contributed by atoms with E-state index >= 15 is 0 Å². The van der Waals surface area contributed by atoms with Crippen LogP contribution in [0.3, 0.4) is 0 Å². The van der Waals surface area contributed by atoms with Gasteiger partial charge in [-0.25, -0.2) is 4.98 Å². The molecule has 0 bridgehead atoms. The molecule has 0 saturated carbocycles. The molecule has 0 spiro atoms. The third-order valence-electron chi connectivity index (χ3n) is 2.88. The molecular formula is C14H21N5OS. The summed E-state index contributed by atoms with van der Waals surface area (Å²) in [6.07, 6.45) is 1.79. The average Bonchev–Trinajstić information content (AvgIpc) is 2.88. The van der Waals surface area contributed by atoms with Crippen LogP contribution in [-0.4, -0.2) is 45.3 Å². The first-order chi connectivity index (χ1) is 10.0. The van der Waals surface area contributed by atoms with Crippen molar-refractivity contribution in [2.24, 2.45) is 0 Å². The Hall–Kier alpha value is -2.02. The van der Waals surface area contributed by atoms with Crippen molar-refractivity contribution in [1.82, 2.24) is 9.97 Å². The average molecular weight is 307 g/mol. The van der Waals surface area contributed by atoms with Crippen molar-refractivity contribution in [3.05, 3.63) is 23.2 Å². The van der Waals surface area contributed by atoms with E-state index in [4.69, 9.17) is 4.74 Å². The molecule has 7 heteroatoms. The molecule has 0 fully saturated rings. The van der Waals surface area contributed by atoms with Crippen molar-refractivity contribution in [3.8, 4) is 5.88 Å². The minimum absolute atomic E-state index is 0.654. The highest BCUT2D eigenvalue weighted by Gasteiger charge is 2.14. The summed E-state index contributed by atoms with van der Waals surface area (Å²) < 4.78 is 5.35. The lowest BCUT2D eigenvalue weighted by atomic mass is 10.3. The minimum Gasteiger partial charge on any atom is -0.480 e. The van der Waals surface area contributed by atoms with Gasteiger partial charge in [-0.3, -0.25) is 0 Å². The largest absolute Gasteiger partial charge is 0.480 e. The molecule has 0 aliphatic heterocycles. The number of hydrogen-bond acceptors (Lipinski definition) is 7. The summed E-state index contributed by atoms with van der Waals surface area (Å²) in [4.78, 5) is 13.9. The summed E-state index contributed by atoms with van der Waals surface area (Å²) >= 11 is 1.62. The fourth-order valence-electron chi connectivity index (χ4n) is 1.86. The molecular weight excluding hydrogens is 286 g/mol. The Balaban J connectivity index is 2.17. The third-order valence-corrected chi connectivity index (χ3v) is 4.08. The van der Waals surface area contributed by atoms with Gasteiger partial charge in [0.05, 0.1) is 24.2 Å². The molecule has 0 aliphatic rings. The number of ether oxygens (including phenoxy) is 1. The lowest BCUT2D eigenvalue weighted by Crippen LogP contribution is -2.13. The van der Waals surface area contributed by atoms with E-state index in [1.807, 2.05) is 50.1 Å². The molecule has 0 atom stereocenters. The van der Waals surface area contributed by atoms with Crippen LogP contribution < -0.4 is 19.9 Å². The zero-order valence-electron chi connectivity index (χ0n) is 13.0. The molecule has 0 aliphatic carbocycles. The van der Waals surface area contributed by atoms with Crippen molar-refractivity contribution in [1.29, 1.82) is 0 Å². The summed E-state index contributed by atoms with van der Waals surface area (Å²) in [7, 11) is 9.55. The van der Waals surface area contributed by atoms with Crippen LogP contribution in [0.5, 0.6) is 5.88 Å². The van der Waals surface area contributed by atoms with Gasteiger partial charge in [0.1, 0.15) is 0 Å². The molecule has 0 amide bonds. The number of pyridine rings is 1. The van der Waals surface area contributed by atoms with Crippen molar-refractivity contribution in [2.45, 2.75) is 6.54 Å². The van der Waals surface area contributed by atoms with Crippen LogP contribution in [0.25, 0.3) is 0 Å².